The Morgan fingerprint density at radius 3 is 2.56 bits per heavy atom. The molecule has 0 radical (unpaired) electrons. The number of esters is 1. The standard InChI is InChI=1S/C19H25FN2O8S2/c1-2-22(14-5-10-31(25,26)13-14)18(23)12-30-19(24)16-11-15(3-4-17(16)20)32(27,28)21-6-8-29-9-7-21/h3-4,11,14H,2,5-10,12-13H2,1H3/t14-/m0/s1. The second-order valence-electron chi connectivity index (χ2n) is 7.47. The van der Waals surface area contributed by atoms with E-state index in [1.54, 1.807) is 6.92 Å². The van der Waals surface area contributed by atoms with E-state index in [0.29, 0.717) is 6.42 Å². The number of sulfone groups is 1. The van der Waals surface area contributed by atoms with E-state index >= 15 is 0 Å². The third kappa shape index (κ3) is 5.45. The molecule has 0 bridgehead atoms. The van der Waals surface area contributed by atoms with Gasteiger partial charge in [0.25, 0.3) is 5.91 Å². The lowest BCUT2D eigenvalue weighted by Crippen LogP contribution is -2.43. The van der Waals surface area contributed by atoms with Crippen LogP contribution in [0.15, 0.2) is 23.1 Å². The first-order valence-corrected chi connectivity index (χ1v) is 13.4. The number of rotatable bonds is 7. The number of morpholine rings is 1. The fourth-order valence-corrected chi connectivity index (χ4v) is 6.87. The van der Waals surface area contributed by atoms with Crippen LogP contribution in [0.2, 0.25) is 0 Å². The highest BCUT2D eigenvalue weighted by Crippen LogP contribution is 2.21. The molecule has 13 heteroatoms. The Balaban J connectivity index is 1.69. The number of carbonyl (C=O) groups excluding carboxylic acids is 2. The average molecular weight is 493 g/mol. The molecule has 0 aromatic heterocycles. The summed E-state index contributed by atoms with van der Waals surface area (Å²) in [7, 11) is -7.17. The molecule has 0 spiro atoms. The molecule has 0 aliphatic carbocycles. The van der Waals surface area contributed by atoms with Crippen LogP contribution < -0.4 is 0 Å². The first-order chi connectivity index (χ1) is 15.0. The lowest BCUT2D eigenvalue weighted by Gasteiger charge is -2.26. The molecule has 2 aliphatic rings. The van der Waals surface area contributed by atoms with Crippen molar-refractivity contribution in [2.24, 2.45) is 0 Å². The fraction of sp³-hybridized carbons (Fsp3) is 0.579. The van der Waals surface area contributed by atoms with Crippen LogP contribution in [0.3, 0.4) is 0 Å². The number of benzene rings is 1. The average Bonchev–Trinajstić information content (AvgIpc) is 3.12. The lowest BCUT2D eigenvalue weighted by molar-refractivity contribution is -0.136. The number of carbonyl (C=O) groups is 2. The molecule has 2 saturated heterocycles. The number of hydrogen-bond acceptors (Lipinski definition) is 8. The Morgan fingerprint density at radius 1 is 1.28 bits per heavy atom. The Kier molecular flexibility index (Phi) is 7.53. The summed E-state index contributed by atoms with van der Waals surface area (Å²) in [6.07, 6.45) is 0.298. The minimum atomic E-state index is -3.96. The minimum Gasteiger partial charge on any atom is -0.452 e. The molecule has 2 fully saturated rings. The molecule has 1 aromatic rings. The van der Waals surface area contributed by atoms with Gasteiger partial charge < -0.3 is 14.4 Å². The molecule has 178 valence electrons. The number of likely N-dealkylation sites (N-methyl/N-ethyl adjacent to an activating group) is 1. The van der Waals surface area contributed by atoms with Gasteiger partial charge in [-0.25, -0.2) is 26.0 Å². The van der Waals surface area contributed by atoms with Crippen molar-refractivity contribution in [3.63, 3.8) is 0 Å². The second-order valence-corrected chi connectivity index (χ2v) is 11.6. The van der Waals surface area contributed by atoms with Crippen molar-refractivity contribution in [3.05, 3.63) is 29.6 Å². The first-order valence-electron chi connectivity index (χ1n) is 10.1. The van der Waals surface area contributed by atoms with Gasteiger partial charge in [0.2, 0.25) is 10.0 Å². The molecular weight excluding hydrogens is 467 g/mol. The monoisotopic (exact) mass is 492 g/mol. The molecule has 2 aliphatic heterocycles. The van der Waals surface area contributed by atoms with Gasteiger partial charge >= 0.3 is 5.97 Å². The van der Waals surface area contributed by atoms with Crippen LogP contribution in [0.5, 0.6) is 0 Å². The molecule has 0 unspecified atom stereocenters. The Labute approximate surface area is 186 Å². The molecule has 0 N–H and O–H groups in total. The van der Waals surface area contributed by atoms with Crippen molar-refractivity contribution < 1.29 is 40.3 Å². The van der Waals surface area contributed by atoms with E-state index in [1.807, 2.05) is 0 Å². The number of nitrogens with zero attached hydrogens (tertiary/aromatic N) is 2. The van der Waals surface area contributed by atoms with Crippen LogP contribution in [0.4, 0.5) is 4.39 Å². The van der Waals surface area contributed by atoms with E-state index in [0.717, 1.165) is 18.2 Å². The summed E-state index contributed by atoms with van der Waals surface area (Å²) in [6.45, 7) is 1.91. The van der Waals surface area contributed by atoms with Crippen molar-refractivity contribution in [1.29, 1.82) is 0 Å². The quantitative estimate of drug-likeness (QED) is 0.488. The summed E-state index contributed by atoms with van der Waals surface area (Å²) >= 11 is 0. The maximum atomic E-state index is 14.2. The van der Waals surface area contributed by atoms with E-state index in [-0.39, 0.29) is 49.2 Å². The first kappa shape index (κ1) is 24.6. The van der Waals surface area contributed by atoms with Crippen molar-refractivity contribution in [2.45, 2.75) is 24.3 Å². The lowest BCUT2D eigenvalue weighted by atomic mass is 10.2. The SMILES string of the molecule is CCN(C(=O)COC(=O)c1cc(S(=O)(=O)N2CCOCC2)ccc1F)[C@H]1CCS(=O)(=O)C1. The van der Waals surface area contributed by atoms with Crippen LogP contribution in [0.1, 0.15) is 23.7 Å². The Bertz CT molecular complexity index is 1080. The summed E-state index contributed by atoms with van der Waals surface area (Å²) in [4.78, 5) is 25.9. The Morgan fingerprint density at radius 2 is 1.97 bits per heavy atom. The van der Waals surface area contributed by atoms with Crippen molar-refractivity contribution >= 4 is 31.7 Å². The molecule has 10 nitrogen and oxygen atoms in total. The van der Waals surface area contributed by atoms with Gasteiger partial charge in [-0.2, -0.15) is 4.31 Å². The summed E-state index contributed by atoms with van der Waals surface area (Å²) in [5.41, 5.74) is -0.612. The highest BCUT2D eigenvalue weighted by atomic mass is 32.2. The van der Waals surface area contributed by atoms with Crippen LogP contribution in [0, 0.1) is 5.82 Å². The predicted molar refractivity (Wildman–Crippen MR) is 111 cm³/mol. The summed E-state index contributed by atoms with van der Waals surface area (Å²) in [6, 6.07) is 2.29. The van der Waals surface area contributed by atoms with Gasteiger partial charge in [0.1, 0.15) is 5.82 Å². The van der Waals surface area contributed by atoms with Crippen molar-refractivity contribution in [1.82, 2.24) is 9.21 Å². The van der Waals surface area contributed by atoms with Gasteiger partial charge in [0.15, 0.2) is 16.4 Å². The molecule has 1 atom stereocenters. The number of amides is 1. The Hall–Kier alpha value is -2.09. The second kappa shape index (κ2) is 9.81. The van der Waals surface area contributed by atoms with Gasteiger partial charge in [-0.15, -0.1) is 0 Å². The predicted octanol–water partition coefficient (Wildman–Crippen LogP) is 0.0390. The molecule has 1 aromatic carbocycles. The van der Waals surface area contributed by atoms with Crippen LogP contribution in [-0.2, 0) is 34.1 Å². The molecule has 2 heterocycles. The zero-order valence-electron chi connectivity index (χ0n) is 17.5. The normalized spacial score (nSPS) is 21.2. The van der Waals surface area contributed by atoms with E-state index in [4.69, 9.17) is 9.47 Å². The van der Waals surface area contributed by atoms with Gasteiger partial charge in [0.05, 0.1) is 35.2 Å². The number of sulfonamides is 1. The highest BCUT2D eigenvalue weighted by molar-refractivity contribution is 7.91. The summed E-state index contributed by atoms with van der Waals surface area (Å²) in [5.74, 6) is -2.96. The van der Waals surface area contributed by atoms with Crippen molar-refractivity contribution in [3.8, 4) is 0 Å². The van der Waals surface area contributed by atoms with Gasteiger partial charge in [0, 0.05) is 25.7 Å². The van der Waals surface area contributed by atoms with E-state index < -0.39 is 55.8 Å². The molecular formula is C19H25FN2O8S2. The molecule has 0 saturated carbocycles. The number of hydrogen-bond donors (Lipinski definition) is 0. The fourth-order valence-electron chi connectivity index (χ4n) is 3.70. The zero-order valence-corrected chi connectivity index (χ0v) is 19.2. The highest BCUT2D eigenvalue weighted by Gasteiger charge is 2.34. The van der Waals surface area contributed by atoms with Crippen molar-refractivity contribution in [2.75, 3.05) is 51.0 Å². The summed E-state index contributed by atoms with van der Waals surface area (Å²) < 4.78 is 74.3. The largest absolute Gasteiger partial charge is 0.452 e. The third-order valence-corrected chi connectivity index (χ3v) is 9.05. The minimum absolute atomic E-state index is 0.0170. The van der Waals surface area contributed by atoms with E-state index in [1.165, 1.54) is 9.21 Å². The van der Waals surface area contributed by atoms with Gasteiger partial charge in [-0.05, 0) is 31.5 Å². The van der Waals surface area contributed by atoms with E-state index in [9.17, 15) is 30.8 Å². The van der Waals surface area contributed by atoms with Crippen LogP contribution in [0.25, 0.3) is 0 Å². The maximum Gasteiger partial charge on any atom is 0.341 e. The topological polar surface area (TPSA) is 127 Å². The molecule has 32 heavy (non-hydrogen) atoms. The molecule has 1 amide bonds. The number of halogens is 1. The third-order valence-electron chi connectivity index (χ3n) is 5.40. The van der Waals surface area contributed by atoms with Gasteiger partial charge in [-0.1, -0.05) is 0 Å². The smallest absolute Gasteiger partial charge is 0.341 e. The maximum absolute atomic E-state index is 14.2. The molecule has 3 rings (SSSR count). The van der Waals surface area contributed by atoms with Crippen LogP contribution >= 0.6 is 0 Å². The summed E-state index contributed by atoms with van der Waals surface area (Å²) in [5, 5.41) is 0. The van der Waals surface area contributed by atoms with E-state index in [2.05, 4.69) is 0 Å². The van der Waals surface area contributed by atoms with Gasteiger partial charge in [-0.3, -0.25) is 4.79 Å². The zero-order chi connectivity index (χ0) is 23.5. The van der Waals surface area contributed by atoms with Crippen LogP contribution in [-0.4, -0.2) is 94.9 Å². The number of ether oxygens (including phenoxy) is 2.